The number of ether oxygens (including phenoxy) is 3. The number of amides is 1. The number of carbonyl (C=O) groups is 2. The number of para-hydroxylation sites is 1. The van der Waals surface area contributed by atoms with E-state index in [2.05, 4.69) is 10.3 Å². The van der Waals surface area contributed by atoms with Gasteiger partial charge >= 0.3 is 18.2 Å². The number of nitrogens with one attached hydrogen (secondary N) is 1. The third-order valence-corrected chi connectivity index (χ3v) is 6.00. The monoisotopic (exact) mass is 604 g/mol. The fourth-order valence-electron chi connectivity index (χ4n) is 3.98. The summed E-state index contributed by atoms with van der Waals surface area (Å²) in [5.41, 5.74) is -1.43. The maximum absolute atomic E-state index is 13.3. The van der Waals surface area contributed by atoms with Crippen LogP contribution >= 0.6 is 0 Å². The fraction of sp³-hybridized carbons (Fsp3) is 0.345. The summed E-state index contributed by atoms with van der Waals surface area (Å²) >= 11 is 0. The summed E-state index contributed by atoms with van der Waals surface area (Å²) in [4.78, 5) is 42.1. The highest BCUT2D eigenvalue weighted by Crippen LogP contribution is 2.34. The molecule has 0 aliphatic heterocycles. The van der Waals surface area contributed by atoms with E-state index in [0.29, 0.717) is 17.3 Å². The predicted octanol–water partition coefficient (Wildman–Crippen LogP) is 6.53. The Morgan fingerprint density at radius 3 is 2.33 bits per heavy atom. The average Bonchev–Trinajstić information content (AvgIpc) is 2.93. The number of pyridine rings is 1. The number of hydrogen-bond donors (Lipinski definition) is 1. The van der Waals surface area contributed by atoms with Crippen molar-refractivity contribution in [1.29, 1.82) is 0 Å². The Morgan fingerprint density at radius 2 is 1.72 bits per heavy atom. The largest absolute Gasteiger partial charge is 0.481 e. The lowest BCUT2D eigenvalue weighted by Crippen LogP contribution is -2.38. The molecule has 0 saturated heterocycles. The van der Waals surface area contributed by atoms with Crippen LogP contribution in [0.25, 0.3) is 0 Å². The molecule has 2 aromatic carbocycles. The molecule has 0 unspecified atom stereocenters. The number of esters is 1. The van der Waals surface area contributed by atoms with E-state index in [4.69, 9.17) is 14.2 Å². The summed E-state index contributed by atoms with van der Waals surface area (Å²) in [7, 11) is 2.43. The van der Waals surface area contributed by atoms with E-state index in [1.54, 1.807) is 45.0 Å². The number of methoxy groups -OCH3 is 2. The van der Waals surface area contributed by atoms with Gasteiger partial charge in [-0.15, -0.1) is 0 Å². The van der Waals surface area contributed by atoms with E-state index in [1.807, 2.05) is 0 Å². The number of nitro groups is 1. The number of anilines is 2. The molecule has 0 fully saturated rings. The SMILES string of the molecule is COC(=O)c1cc(C(F)(F)F)ccc1Nc1ccccc1CN(CCc1nc(OC)ccc1[N+](=O)[O-])C(=O)OC(C)(C)C. The van der Waals surface area contributed by atoms with Crippen LogP contribution in [0.1, 0.15) is 48.0 Å². The molecule has 1 N–H and O–H groups in total. The van der Waals surface area contributed by atoms with E-state index in [1.165, 1.54) is 24.1 Å². The van der Waals surface area contributed by atoms with E-state index in [-0.39, 0.29) is 48.0 Å². The van der Waals surface area contributed by atoms with Crippen LogP contribution in [-0.4, -0.2) is 53.2 Å². The number of nitrogens with zero attached hydrogens (tertiary/aromatic N) is 3. The van der Waals surface area contributed by atoms with Gasteiger partial charge in [-0.2, -0.15) is 13.2 Å². The molecule has 230 valence electrons. The maximum Gasteiger partial charge on any atom is 0.416 e. The van der Waals surface area contributed by atoms with Crippen LogP contribution in [0.2, 0.25) is 0 Å². The van der Waals surface area contributed by atoms with Crippen molar-refractivity contribution in [2.75, 3.05) is 26.1 Å². The van der Waals surface area contributed by atoms with Crippen molar-refractivity contribution in [2.45, 2.75) is 45.5 Å². The van der Waals surface area contributed by atoms with Crippen LogP contribution in [0.5, 0.6) is 5.88 Å². The molecular formula is C29H31F3N4O7. The first kappa shape index (κ1) is 32.6. The Morgan fingerprint density at radius 1 is 1.02 bits per heavy atom. The topological polar surface area (TPSA) is 133 Å². The summed E-state index contributed by atoms with van der Waals surface area (Å²) in [5, 5.41) is 14.6. The number of benzene rings is 2. The van der Waals surface area contributed by atoms with Crippen LogP contribution in [0.3, 0.4) is 0 Å². The normalized spacial score (nSPS) is 11.4. The lowest BCUT2D eigenvalue weighted by Gasteiger charge is -2.28. The summed E-state index contributed by atoms with van der Waals surface area (Å²) in [6.07, 6.45) is -5.41. The minimum atomic E-state index is -4.68. The van der Waals surface area contributed by atoms with Crippen LogP contribution in [0.4, 0.5) is 35.0 Å². The first-order chi connectivity index (χ1) is 20.1. The van der Waals surface area contributed by atoms with Crippen molar-refractivity contribution in [2.24, 2.45) is 0 Å². The molecule has 1 amide bonds. The lowest BCUT2D eigenvalue weighted by atomic mass is 10.1. The summed E-state index contributed by atoms with van der Waals surface area (Å²) in [6.45, 7) is 4.95. The Labute approximate surface area is 245 Å². The number of halogens is 3. The molecule has 0 spiro atoms. The Balaban J connectivity index is 1.97. The van der Waals surface area contributed by atoms with Gasteiger partial charge in [-0.1, -0.05) is 18.2 Å². The predicted molar refractivity (Wildman–Crippen MR) is 150 cm³/mol. The van der Waals surface area contributed by atoms with Gasteiger partial charge in [0.25, 0.3) is 5.69 Å². The third kappa shape index (κ3) is 8.80. The quantitative estimate of drug-likeness (QED) is 0.156. The van der Waals surface area contributed by atoms with Crippen LogP contribution in [0, 0.1) is 10.1 Å². The molecule has 0 atom stereocenters. The van der Waals surface area contributed by atoms with E-state index in [9.17, 15) is 32.9 Å². The zero-order chi connectivity index (χ0) is 31.9. The minimum Gasteiger partial charge on any atom is -0.481 e. The average molecular weight is 605 g/mol. The zero-order valence-corrected chi connectivity index (χ0v) is 24.2. The van der Waals surface area contributed by atoms with Crippen molar-refractivity contribution in [3.63, 3.8) is 0 Å². The van der Waals surface area contributed by atoms with Crippen LogP contribution < -0.4 is 10.1 Å². The van der Waals surface area contributed by atoms with Gasteiger partial charge in [0, 0.05) is 30.8 Å². The van der Waals surface area contributed by atoms with Gasteiger partial charge in [-0.25, -0.2) is 14.6 Å². The zero-order valence-electron chi connectivity index (χ0n) is 24.2. The number of alkyl halides is 3. The fourth-order valence-corrected chi connectivity index (χ4v) is 3.98. The van der Waals surface area contributed by atoms with E-state index >= 15 is 0 Å². The van der Waals surface area contributed by atoms with Gasteiger partial charge in [-0.3, -0.25) is 10.1 Å². The van der Waals surface area contributed by atoms with Gasteiger partial charge < -0.3 is 24.4 Å². The van der Waals surface area contributed by atoms with Crippen molar-refractivity contribution >= 4 is 29.1 Å². The summed E-state index contributed by atoms with van der Waals surface area (Å²) in [5.74, 6) is -0.814. The molecule has 0 radical (unpaired) electrons. The van der Waals surface area contributed by atoms with Gasteiger partial charge in [0.1, 0.15) is 11.3 Å². The second kappa shape index (κ2) is 13.4. The number of rotatable bonds is 10. The van der Waals surface area contributed by atoms with Gasteiger partial charge in [0.2, 0.25) is 5.88 Å². The molecule has 14 heteroatoms. The number of carbonyl (C=O) groups excluding carboxylic acids is 2. The Hall–Kier alpha value is -4.88. The smallest absolute Gasteiger partial charge is 0.416 e. The Bertz CT molecular complexity index is 1490. The summed E-state index contributed by atoms with van der Waals surface area (Å²) in [6, 6.07) is 11.9. The van der Waals surface area contributed by atoms with Crippen molar-refractivity contribution in [1.82, 2.24) is 9.88 Å². The first-order valence-corrected chi connectivity index (χ1v) is 12.9. The standard InChI is InChI=1S/C29H31F3N4O7/c1-28(2,3)43-27(38)35(15-14-23-24(36(39)40)12-13-25(34-23)41-4)17-18-8-6-7-9-21(18)33-22-11-10-19(29(30,31)32)16-20(22)26(37)42-5/h6-13,16,33H,14-15,17H2,1-5H3. The van der Waals surface area contributed by atoms with E-state index in [0.717, 1.165) is 19.2 Å². The molecule has 0 bridgehead atoms. The van der Waals surface area contributed by atoms with Crippen molar-refractivity contribution in [3.05, 3.63) is 87.1 Å². The van der Waals surface area contributed by atoms with Crippen molar-refractivity contribution < 1.29 is 41.9 Å². The minimum absolute atomic E-state index is 0.0201. The highest BCUT2D eigenvalue weighted by Gasteiger charge is 2.32. The number of aromatic nitrogens is 1. The Kier molecular flexibility index (Phi) is 10.2. The molecular weight excluding hydrogens is 573 g/mol. The maximum atomic E-state index is 13.3. The van der Waals surface area contributed by atoms with Crippen LogP contribution in [0.15, 0.2) is 54.6 Å². The first-order valence-electron chi connectivity index (χ1n) is 12.9. The molecule has 0 saturated carbocycles. The second-order valence-corrected chi connectivity index (χ2v) is 10.3. The lowest BCUT2D eigenvalue weighted by molar-refractivity contribution is -0.386. The highest BCUT2D eigenvalue weighted by atomic mass is 19.4. The molecule has 11 nitrogen and oxygen atoms in total. The number of hydrogen-bond acceptors (Lipinski definition) is 9. The van der Waals surface area contributed by atoms with Gasteiger partial charge in [0.05, 0.1) is 42.5 Å². The summed E-state index contributed by atoms with van der Waals surface area (Å²) < 4.78 is 55.4. The van der Waals surface area contributed by atoms with Crippen LogP contribution in [-0.2, 0) is 28.6 Å². The van der Waals surface area contributed by atoms with Gasteiger partial charge in [0.15, 0.2) is 0 Å². The molecule has 3 aromatic rings. The van der Waals surface area contributed by atoms with E-state index < -0.39 is 34.3 Å². The van der Waals surface area contributed by atoms with Crippen molar-refractivity contribution in [3.8, 4) is 5.88 Å². The molecule has 0 aliphatic rings. The molecule has 1 aromatic heterocycles. The molecule has 1 heterocycles. The molecule has 0 aliphatic carbocycles. The second-order valence-electron chi connectivity index (χ2n) is 10.3. The molecule has 43 heavy (non-hydrogen) atoms. The van der Waals surface area contributed by atoms with Gasteiger partial charge in [-0.05, 0) is 50.6 Å². The highest BCUT2D eigenvalue weighted by molar-refractivity contribution is 5.97. The third-order valence-electron chi connectivity index (χ3n) is 6.00. The molecule has 3 rings (SSSR count).